The van der Waals surface area contributed by atoms with Gasteiger partial charge in [0.25, 0.3) is 0 Å². The molecule has 1 aromatic carbocycles. The van der Waals surface area contributed by atoms with Gasteiger partial charge in [-0.2, -0.15) is 0 Å². The standard InChI is InChI=1S/C15H23NO2/c1-3-13-6-4-5-9-16(13)11-12-7-8-14(17)15(10-12)18-2/h7-8,10,13,17H,3-6,9,11H2,1-2H3. The van der Waals surface area contributed by atoms with Crippen molar-refractivity contribution in [3.8, 4) is 11.5 Å². The summed E-state index contributed by atoms with van der Waals surface area (Å²) >= 11 is 0. The second-order valence-electron chi connectivity index (χ2n) is 5.03. The molecule has 1 N–H and O–H groups in total. The minimum atomic E-state index is 0.215. The van der Waals surface area contributed by atoms with E-state index < -0.39 is 0 Å². The predicted molar refractivity (Wildman–Crippen MR) is 73.0 cm³/mol. The van der Waals surface area contributed by atoms with E-state index in [-0.39, 0.29) is 5.75 Å². The second kappa shape index (κ2) is 6.10. The molecule has 1 heterocycles. The lowest BCUT2D eigenvalue weighted by Gasteiger charge is -2.35. The summed E-state index contributed by atoms with van der Waals surface area (Å²) in [4.78, 5) is 2.55. The molecule has 1 fully saturated rings. The summed E-state index contributed by atoms with van der Waals surface area (Å²) in [5, 5.41) is 9.60. The Morgan fingerprint density at radius 3 is 2.94 bits per heavy atom. The monoisotopic (exact) mass is 249 g/mol. The lowest BCUT2D eigenvalue weighted by atomic mass is 9.99. The van der Waals surface area contributed by atoms with Gasteiger partial charge in [-0.05, 0) is 43.5 Å². The van der Waals surface area contributed by atoms with Gasteiger partial charge in [-0.25, -0.2) is 0 Å². The number of ether oxygens (including phenoxy) is 1. The molecule has 18 heavy (non-hydrogen) atoms. The van der Waals surface area contributed by atoms with Crippen molar-refractivity contribution < 1.29 is 9.84 Å². The van der Waals surface area contributed by atoms with E-state index in [1.807, 2.05) is 12.1 Å². The lowest BCUT2D eigenvalue weighted by molar-refractivity contribution is 0.136. The van der Waals surface area contributed by atoms with E-state index >= 15 is 0 Å². The summed E-state index contributed by atoms with van der Waals surface area (Å²) in [6.45, 7) is 4.40. The Morgan fingerprint density at radius 2 is 2.22 bits per heavy atom. The Balaban J connectivity index is 2.07. The Bertz CT molecular complexity index is 392. The lowest BCUT2D eigenvalue weighted by Crippen LogP contribution is -2.38. The normalized spacial score (nSPS) is 20.9. The van der Waals surface area contributed by atoms with Gasteiger partial charge in [-0.3, -0.25) is 4.90 Å². The summed E-state index contributed by atoms with van der Waals surface area (Å²) in [5.41, 5.74) is 1.21. The SMILES string of the molecule is CCC1CCCCN1Cc1ccc(O)c(OC)c1. The molecule has 1 aliphatic heterocycles. The highest BCUT2D eigenvalue weighted by Crippen LogP contribution is 2.28. The number of piperidine rings is 1. The van der Waals surface area contributed by atoms with Crippen LogP contribution in [0.2, 0.25) is 0 Å². The van der Waals surface area contributed by atoms with Crippen molar-refractivity contribution in [3.05, 3.63) is 23.8 Å². The van der Waals surface area contributed by atoms with Crippen LogP contribution in [0.5, 0.6) is 11.5 Å². The van der Waals surface area contributed by atoms with Crippen molar-refractivity contribution >= 4 is 0 Å². The van der Waals surface area contributed by atoms with Crippen LogP contribution >= 0.6 is 0 Å². The fourth-order valence-corrected chi connectivity index (χ4v) is 2.79. The minimum Gasteiger partial charge on any atom is -0.504 e. The Labute approximate surface area is 109 Å². The average molecular weight is 249 g/mol. The minimum absolute atomic E-state index is 0.215. The van der Waals surface area contributed by atoms with Crippen LogP contribution in [0.3, 0.4) is 0 Å². The molecule has 1 atom stereocenters. The zero-order valence-electron chi connectivity index (χ0n) is 11.4. The molecule has 1 aromatic rings. The summed E-state index contributed by atoms with van der Waals surface area (Å²) in [6, 6.07) is 6.35. The van der Waals surface area contributed by atoms with E-state index in [0.29, 0.717) is 11.8 Å². The molecule has 0 saturated carbocycles. The van der Waals surface area contributed by atoms with Gasteiger partial charge in [0.1, 0.15) is 0 Å². The topological polar surface area (TPSA) is 32.7 Å². The number of methoxy groups -OCH3 is 1. The highest BCUT2D eigenvalue weighted by Gasteiger charge is 2.20. The molecule has 2 rings (SSSR count). The van der Waals surface area contributed by atoms with E-state index in [1.54, 1.807) is 13.2 Å². The van der Waals surface area contributed by atoms with Crippen molar-refractivity contribution in [1.82, 2.24) is 4.90 Å². The van der Waals surface area contributed by atoms with Gasteiger partial charge >= 0.3 is 0 Å². The van der Waals surface area contributed by atoms with E-state index in [0.717, 1.165) is 6.54 Å². The van der Waals surface area contributed by atoms with Crippen LogP contribution < -0.4 is 4.74 Å². The highest BCUT2D eigenvalue weighted by molar-refractivity contribution is 5.41. The van der Waals surface area contributed by atoms with Crippen LogP contribution in [0.4, 0.5) is 0 Å². The third-order valence-electron chi connectivity index (χ3n) is 3.85. The fourth-order valence-electron chi connectivity index (χ4n) is 2.79. The van der Waals surface area contributed by atoms with Crippen LogP contribution in [0.1, 0.15) is 38.2 Å². The van der Waals surface area contributed by atoms with E-state index in [2.05, 4.69) is 11.8 Å². The number of phenols is 1. The molecule has 1 aliphatic rings. The predicted octanol–water partition coefficient (Wildman–Crippen LogP) is 3.17. The Kier molecular flexibility index (Phi) is 4.48. The average Bonchev–Trinajstić information content (AvgIpc) is 2.41. The van der Waals surface area contributed by atoms with Crippen LogP contribution in [-0.4, -0.2) is 29.7 Å². The van der Waals surface area contributed by atoms with Crippen molar-refractivity contribution in [1.29, 1.82) is 0 Å². The zero-order chi connectivity index (χ0) is 13.0. The third-order valence-corrected chi connectivity index (χ3v) is 3.85. The number of hydrogen-bond acceptors (Lipinski definition) is 3. The van der Waals surface area contributed by atoms with Crippen molar-refractivity contribution in [2.24, 2.45) is 0 Å². The highest BCUT2D eigenvalue weighted by atomic mass is 16.5. The molecule has 3 nitrogen and oxygen atoms in total. The van der Waals surface area contributed by atoms with Gasteiger partial charge < -0.3 is 9.84 Å². The van der Waals surface area contributed by atoms with Crippen LogP contribution in [-0.2, 0) is 6.54 Å². The molecule has 0 spiro atoms. The smallest absolute Gasteiger partial charge is 0.160 e. The number of aromatic hydroxyl groups is 1. The van der Waals surface area contributed by atoms with Crippen LogP contribution in [0, 0.1) is 0 Å². The summed E-state index contributed by atoms with van der Waals surface area (Å²) in [6.07, 6.45) is 5.18. The summed E-state index contributed by atoms with van der Waals surface area (Å²) in [7, 11) is 1.59. The maximum Gasteiger partial charge on any atom is 0.160 e. The molecular weight excluding hydrogens is 226 g/mol. The molecule has 0 aliphatic carbocycles. The number of hydrogen-bond donors (Lipinski definition) is 1. The molecular formula is C15H23NO2. The number of rotatable bonds is 4. The number of benzene rings is 1. The Hall–Kier alpha value is -1.22. The summed E-state index contributed by atoms with van der Waals surface area (Å²) < 4.78 is 5.16. The van der Waals surface area contributed by atoms with Crippen LogP contribution in [0.25, 0.3) is 0 Å². The van der Waals surface area contributed by atoms with Crippen molar-refractivity contribution in [2.45, 2.75) is 45.2 Å². The molecule has 1 unspecified atom stereocenters. The quantitative estimate of drug-likeness (QED) is 0.889. The molecule has 0 aromatic heterocycles. The third kappa shape index (κ3) is 2.96. The second-order valence-corrected chi connectivity index (χ2v) is 5.03. The molecule has 0 amide bonds. The van der Waals surface area contributed by atoms with Gasteiger partial charge in [0.15, 0.2) is 11.5 Å². The fraction of sp³-hybridized carbons (Fsp3) is 0.600. The number of nitrogens with zero attached hydrogens (tertiary/aromatic N) is 1. The zero-order valence-corrected chi connectivity index (χ0v) is 11.4. The van der Waals surface area contributed by atoms with E-state index in [4.69, 9.17) is 4.74 Å². The van der Waals surface area contributed by atoms with Crippen molar-refractivity contribution in [2.75, 3.05) is 13.7 Å². The summed E-state index contributed by atoms with van der Waals surface area (Å²) in [5.74, 6) is 0.782. The molecule has 100 valence electrons. The van der Waals surface area contributed by atoms with Gasteiger partial charge in [-0.1, -0.05) is 19.4 Å². The first kappa shape index (κ1) is 13.2. The van der Waals surface area contributed by atoms with E-state index in [1.165, 1.54) is 37.8 Å². The number of likely N-dealkylation sites (tertiary alicyclic amines) is 1. The van der Waals surface area contributed by atoms with Crippen LogP contribution in [0.15, 0.2) is 18.2 Å². The first-order valence-electron chi connectivity index (χ1n) is 6.84. The van der Waals surface area contributed by atoms with Gasteiger partial charge in [0, 0.05) is 12.6 Å². The maximum atomic E-state index is 9.60. The van der Waals surface area contributed by atoms with Gasteiger partial charge in [0.05, 0.1) is 7.11 Å². The largest absolute Gasteiger partial charge is 0.504 e. The van der Waals surface area contributed by atoms with Gasteiger partial charge in [0.2, 0.25) is 0 Å². The molecule has 0 radical (unpaired) electrons. The molecule has 3 heteroatoms. The first-order valence-corrected chi connectivity index (χ1v) is 6.84. The number of phenolic OH excluding ortho intramolecular Hbond substituents is 1. The maximum absolute atomic E-state index is 9.60. The first-order chi connectivity index (χ1) is 8.74. The molecule has 1 saturated heterocycles. The van der Waals surface area contributed by atoms with E-state index in [9.17, 15) is 5.11 Å². The molecule has 0 bridgehead atoms. The van der Waals surface area contributed by atoms with Gasteiger partial charge in [-0.15, -0.1) is 0 Å². The van der Waals surface area contributed by atoms with Crippen molar-refractivity contribution in [3.63, 3.8) is 0 Å². The Morgan fingerprint density at radius 1 is 1.39 bits per heavy atom.